The van der Waals surface area contributed by atoms with Gasteiger partial charge in [-0.05, 0) is 121 Å². The zero-order valence-corrected chi connectivity index (χ0v) is 25.2. The summed E-state index contributed by atoms with van der Waals surface area (Å²) in [5, 5.41) is 2.48. The average molecular weight is 523 g/mol. The van der Waals surface area contributed by atoms with Gasteiger partial charge in [0.05, 0.1) is 11.0 Å². The molecule has 0 radical (unpaired) electrons. The number of pyridine rings is 2. The van der Waals surface area contributed by atoms with Crippen molar-refractivity contribution in [1.29, 1.82) is 0 Å². The largest absolute Gasteiger partial charge is 0.254 e. The Labute approximate surface area is 236 Å². The Balaban J connectivity index is 1.15. The molecule has 0 bridgehead atoms. The zero-order chi connectivity index (χ0) is 26.9. The van der Waals surface area contributed by atoms with Crippen LogP contribution in [0.3, 0.4) is 0 Å². The molecule has 3 aromatic rings. The first-order valence-electron chi connectivity index (χ1n) is 16.4. The van der Waals surface area contributed by atoms with E-state index in [-0.39, 0.29) is 0 Å². The van der Waals surface area contributed by atoms with Crippen molar-refractivity contribution in [2.45, 2.75) is 105 Å². The molecule has 7 rings (SSSR count). The van der Waals surface area contributed by atoms with Crippen LogP contribution in [0.1, 0.15) is 104 Å². The van der Waals surface area contributed by atoms with Gasteiger partial charge in [-0.25, -0.2) is 0 Å². The van der Waals surface area contributed by atoms with Crippen LogP contribution >= 0.6 is 0 Å². The molecule has 4 aliphatic rings. The lowest BCUT2D eigenvalue weighted by molar-refractivity contribution is -0.103. The second-order valence-corrected chi connectivity index (χ2v) is 15.4. The van der Waals surface area contributed by atoms with Gasteiger partial charge < -0.3 is 0 Å². The van der Waals surface area contributed by atoms with Gasteiger partial charge in [0.25, 0.3) is 0 Å². The van der Waals surface area contributed by atoms with Crippen LogP contribution in [0, 0.1) is 52.3 Å². The molecule has 3 unspecified atom stereocenters. The van der Waals surface area contributed by atoms with Crippen LogP contribution in [-0.2, 0) is 12.8 Å². The molecule has 3 fully saturated rings. The minimum absolute atomic E-state index is 0.433. The smallest absolute Gasteiger partial charge is 0.0968 e. The highest BCUT2D eigenvalue weighted by atomic mass is 14.8. The molecule has 39 heavy (non-hydrogen) atoms. The van der Waals surface area contributed by atoms with Gasteiger partial charge in [-0.1, -0.05) is 72.1 Å². The number of nitrogens with zero attached hydrogens (tertiary/aromatic N) is 2. The minimum atomic E-state index is 0.433. The Bertz CT molecular complexity index is 1370. The van der Waals surface area contributed by atoms with E-state index in [1.807, 2.05) is 12.3 Å². The van der Waals surface area contributed by atoms with Crippen molar-refractivity contribution in [3.05, 3.63) is 47.8 Å². The zero-order valence-electron chi connectivity index (χ0n) is 25.2. The highest BCUT2D eigenvalue weighted by Gasteiger charge is 2.60. The fourth-order valence-corrected chi connectivity index (χ4v) is 11.0. The molecule has 3 saturated carbocycles. The van der Waals surface area contributed by atoms with E-state index in [0.717, 1.165) is 52.5 Å². The molecule has 2 heterocycles. The van der Waals surface area contributed by atoms with Gasteiger partial charge in [-0.2, -0.15) is 0 Å². The van der Waals surface area contributed by atoms with Gasteiger partial charge in [0.1, 0.15) is 0 Å². The number of hydrogen-bond donors (Lipinski definition) is 0. The lowest BCUT2D eigenvalue weighted by Gasteiger charge is -2.60. The number of hydrogen-bond acceptors (Lipinski definition) is 2. The van der Waals surface area contributed by atoms with Crippen LogP contribution in [0.15, 0.2) is 36.5 Å². The number of benzene rings is 1. The van der Waals surface area contributed by atoms with Gasteiger partial charge in [-0.15, -0.1) is 0 Å². The summed E-state index contributed by atoms with van der Waals surface area (Å²) in [6, 6.07) is 11.2. The standard InChI is InChI=1S/C37H50N2/c1-23(2)8-6-9-24(3)30-15-16-31-29-14-13-28-21-33-27(22-37(28,5)32(29)17-18-36(30,31)4)20-26-12-11-25-10-7-19-38-34(25)35(26)39-33/h7,10-12,19-20,23-24,28-32H,6,8-9,13-18,21-22H2,1-5H3/t24-,28+,29?,30-,31?,32?,36-,37+/m1/s1. The first-order chi connectivity index (χ1) is 18.8. The second kappa shape index (κ2) is 9.56. The van der Waals surface area contributed by atoms with Crippen molar-refractivity contribution in [2.24, 2.45) is 52.3 Å². The second-order valence-electron chi connectivity index (χ2n) is 15.4. The van der Waals surface area contributed by atoms with Crippen molar-refractivity contribution in [3.63, 3.8) is 0 Å². The van der Waals surface area contributed by atoms with Gasteiger partial charge in [0.15, 0.2) is 0 Å². The average Bonchev–Trinajstić information content (AvgIpc) is 3.27. The summed E-state index contributed by atoms with van der Waals surface area (Å²) in [5.74, 6) is 6.28. The third-order valence-corrected chi connectivity index (χ3v) is 13.0. The molecule has 0 aliphatic heterocycles. The fraction of sp³-hybridized carbons (Fsp3) is 0.676. The van der Waals surface area contributed by atoms with Crippen LogP contribution in [0.2, 0.25) is 0 Å². The maximum atomic E-state index is 5.34. The monoisotopic (exact) mass is 522 g/mol. The van der Waals surface area contributed by atoms with Gasteiger partial charge in [-0.3, -0.25) is 9.97 Å². The summed E-state index contributed by atoms with van der Waals surface area (Å²) in [5.41, 5.74) is 6.10. The lowest BCUT2D eigenvalue weighted by Crippen LogP contribution is -2.54. The van der Waals surface area contributed by atoms with Crippen LogP contribution in [0.5, 0.6) is 0 Å². The van der Waals surface area contributed by atoms with Crippen LogP contribution in [0.4, 0.5) is 0 Å². The summed E-state index contributed by atoms with van der Waals surface area (Å²) in [6.45, 7) is 12.8. The normalized spacial score (nSPS) is 36.4. The highest BCUT2D eigenvalue weighted by molar-refractivity contribution is 6.02. The summed E-state index contributed by atoms with van der Waals surface area (Å²) >= 11 is 0. The van der Waals surface area contributed by atoms with Crippen molar-refractivity contribution in [1.82, 2.24) is 9.97 Å². The molecule has 0 N–H and O–H groups in total. The Hall–Kier alpha value is -1.96. The quantitative estimate of drug-likeness (QED) is 0.312. The van der Waals surface area contributed by atoms with E-state index < -0.39 is 0 Å². The summed E-state index contributed by atoms with van der Waals surface area (Å²) in [7, 11) is 0. The van der Waals surface area contributed by atoms with Crippen molar-refractivity contribution < 1.29 is 0 Å². The Morgan fingerprint density at radius 3 is 2.54 bits per heavy atom. The molecule has 4 aliphatic carbocycles. The molecule has 0 amide bonds. The summed E-state index contributed by atoms with van der Waals surface area (Å²) < 4.78 is 0. The van der Waals surface area contributed by atoms with E-state index in [9.17, 15) is 0 Å². The molecule has 208 valence electrons. The minimum Gasteiger partial charge on any atom is -0.254 e. The van der Waals surface area contributed by atoms with Crippen molar-refractivity contribution >= 4 is 21.8 Å². The summed E-state index contributed by atoms with van der Waals surface area (Å²) in [6.07, 6.45) is 17.4. The van der Waals surface area contributed by atoms with E-state index in [1.54, 1.807) is 0 Å². The molecule has 8 atom stereocenters. The molecule has 2 heteroatoms. The predicted octanol–water partition coefficient (Wildman–Crippen LogP) is 9.82. The maximum absolute atomic E-state index is 5.34. The molecular formula is C37H50N2. The molecule has 1 aromatic carbocycles. The molecule has 2 nitrogen and oxygen atoms in total. The molecular weight excluding hydrogens is 472 g/mol. The topological polar surface area (TPSA) is 25.8 Å². The maximum Gasteiger partial charge on any atom is 0.0968 e. The molecule has 2 aromatic heterocycles. The SMILES string of the molecule is CC(C)CCC[C@@H](C)[C@H]1CCC2C3CC[C@H]4Cc5nc6c(ccc7cccnc76)cc5C[C@]4(C)C3CC[C@@]21C. The van der Waals surface area contributed by atoms with Gasteiger partial charge in [0.2, 0.25) is 0 Å². The van der Waals surface area contributed by atoms with Gasteiger partial charge >= 0.3 is 0 Å². The third-order valence-electron chi connectivity index (χ3n) is 13.0. The first kappa shape index (κ1) is 26.0. The highest BCUT2D eigenvalue weighted by Crippen LogP contribution is 2.68. The van der Waals surface area contributed by atoms with Crippen LogP contribution < -0.4 is 0 Å². The van der Waals surface area contributed by atoms with E-state index in [2.05, 4.69) is 58.9 Å². The van der Waals surface area contributed by atoms with E-state index in [4.69, 9.17) is 9.97 Å². The fourth-order valence-electron chi connectivity index (χ4n) is 11.0. The van der Waals surface area contributed by atoms with Gasteiger partial charge in [0, 0.05) is 22.7 Å². The van der Waals surface area contributed by atoms with E-state index >= 15 is 0 Å². The number of fused-ring (bicyclic) bond motifs is 9. The van der Waals surface area contributed by atoms with E-state index in [1.165, 1.54) is 92.7 Å². The van der Waals surface area contributed by atoms with Crippen LogP contribution in [-0.4, -0.2) is 9.97 Å². The molecule has 0 spiro atoms. The summed E-state index contributed by atoms with van der Waals surface area (Å²) in [4.78, 5) is 10.1. The van der Waals surface area contributed by atoms with Crippen molar-refractivity contribution in [3.8, 4) is 0 Å². The Kier molecular flexibility index (Phi) is 6.37. The van der Waals surface area contributed by atoms with E-state index in [0.29, 0.717) is 10.8 Å². The Morgan fingerprint density at radius 1 is 0.872 bits per heavy atom. The Morgan fingerprint density at radius 2 is 1.69 bits per heavy atom. The van der Waals surface area contributed by atoms with Crippen molar-refractivity contribution in [2.75, 3.05) is 0 Å². The van der Waals surface area contributed by atoms with Crippen LogP contribution in [0.25, 0.3) is 21.8 Å². The first-order valence-corrected chi connectivity index (χ1v) is 16.4. The lowest BCUT2D eigenvalue weighted by atomic mass is 9.44. The third kappa shape index (κ3) is 4.09. The molecule has 0 saturated heterocycles. The number of rotatable bonds is 5. The number of aromatic nitrogens is 2. The predicted molar refractivity (Wildman–Crippen MR) is 164 cm³/mol.